The maximum absolute atomic E-state index is 13.0. The second-order valence-corrected chi connectivity index (χ2v) is 8.84. The van der Waals surface area contributed by atoms with Crippen molar-refractivity contribution in [3.63, 3.8) is 0 Å². The van der Waals surface area contributed by atoms with Gasteiger partial charge in [-0.05, 0) is 61.3 Å². The molecule has 0 N–H and O–H groups in total. The van der Waals surface area contributed by atoms with Gasteiger partial charge in [0.15, 0.2) is 0 Å². The number of nitrogens with zero attached hydrogens (tertiary/aromatic N) is 2. The molecule has 2 fully saturated rings. The van der Waals surface area contributed by atoms with E-state index in [-0.39, 0.29) is 6.42 Å². The van der Waals surface area contributed by atoms with Gasteiger partial charge in [-0.2, -0.15) is 0 Å². The monoisotopic (exact) mass is 384 g/mol. The van der Waals surface area contributed by atoms with Gasteiger partial charge in [-0.1, -0.05) is 12.1 Å². The molecule has 1 saturated carbocycles. The Kier molecular flexibility index (Phi) is 3.67. The summed E-state index contributed by atoms with van der Waals surface area (Å²) >= 11 is 1.66. The molecular weight excluding hydrogens is 364 g/mol. The maximum Gasteiger partial charge on any atom is 0.339 e. The molecule has 3 aliphatic rings. The van der Waals surface area contributed by atoms with Crippen LogP contribution in [0.5, 0.6) is 0 Å². The van der Waals surface area contributed by atoms with Crippen molar-refractivity contribution in [2.24, 2.45) is 17.3 Å². The van der Waals surface area contributed by atoms with Gasteiger partial charge in [-0.25, -0.2) is 9.78 Å². The summed E-state index contributed by atoms with van der Waals surface area (Å²) in [4.78, 5) is 40.4. The molecule has 6 nitrogen and oxygen atoms in total. The molecular formula is C20H20N2O4S. The zero-order chi connectivity index (χ0) is 18.8. The van der Waals surface area contributed by atoms with Crippen molar-refractivity contribution in [3.8, 4) is 0 Å². The van der Waals surface area contributed by atoms with Gasteiger partial charge in [0.1, 0.15) is 5.01 Å². The summed E-state index contributed by atoms with van der Waals surface area (Å²) in [6.45, 7) is 1.82. The average Bonchev–Trinajstić information content (AvgIpc) is 3.32. The predicted molar refractivity (Wildman–Crippen MR) is 100 cm³/mol. The number of para-hydroxylation sites is 1. The van der Waals surface area contributed by atoms with Crippen LogP contribution in [0.25, 0.3) is 15.8 Å². The van der Waals surface area contributed by atoms with Crippen LogP contribution in [-0.4, -0.2) is 29.2 Å². The first-order chi connectivity index (χ1) is 13.0. The lowest BCUT2D eigenvalue weighted by Crippen LogP contribution is -2.36. The lowest BCUT2D eigenvalue weighted by Gasteiger charge is -2.31. The first-order valence-electron chi connectivity index (χ1n) is 9.23. The number of allylic oxidation sites excluding steroid dienone is 1. The zero-order valence-corrected chi connectivity index (χ0v) is 16.0. The molecule has 2 aromatic rings. The van der Waals surface area contributed by atoms with E-state index in [0.717, 1.165) is 50.9 Å². The van der Waals surface area contributed by atoms with E-state index in [1.54, 1.807) is 11.3 Å². The summed E-state index contributed by atoms with van der Waals surface area (Å²) in [6.07, 6.45) is 3.16. The summed E-state index contributed by atoms with van der Waals surface area (Å²) in [6, 6.07) is 8.07. The third-order valence-corrected chi connectivity index (χ3v) is 7.12. The molecule has 2 heterocycles. The minimum absolute atomic E-state index is 0.0108. The van der Waals surface area contributed by atoms with E-state index in [1.807, 2.05) is 25.1 Å². The fourth-order valence-corrected chi connectivity index (χ4v) is 6.05. The first-order valence-corrected chi connectivity index (χ1v) is 10.0. The summed E-state index contributed by atoms with van der Waals surface area (Å²) in [7, 11) is 1.42. The number of thiazole rings is 1. The normalized spacial score (nSPS) is 31.3. The largest absolute Gasteiger partial charge is 0.339 e. The molecule has 1 aliphatic heterocycles. The van der Waals surface area contributed by atoms with Crippen molar-refractivity contribution in [2.75, 3.05) is 7.05 Å². The molecule has 3 atom stereocenters. The summed E-state index contributed by atoms with van der Waals surface area (Å²) in [5, 5.41) is 1.83. The SMILES string of the molecule is CN1OC(=O)CC(C)(C2=C(c3nc4ccccc4s3)[C@H]3CC[C@@H]2C3)C(=O)O1. The topological polar surface area (TPSA) is 68.7 Å². The van der Waals surface area contributed by atoms with E-state index >= 15 is 0 Å². The Labute approximate surface area is 160 Å². The van der Waals surface area contributed by atoms with Crippen LogP contribution in [0.2, 0.25) is 0 Å². The van der Waals surface area contributed by atoms with Crippen LogP contribution in [0.4, 0.5) is 0 Å². The van der Waals surface area contributed by atoms with Gasteiger partial charge in [0.25, 0.3) is 0 Å². The molecule has 2 bridgehead atoms. The number of hydrogen-bond donors (Lipinski definition) is 0. The molecule has 140 valence electrons. The molecule has 5 rings (SSSR count). The van der Waals surface area contributed by atoms with Crippen LogP contribution in [0, 0.1) is 17.3 Å². The fourth-order valence-electron chi connectivity index (χ4n) is 4.95. The molecule has 0 amide bonds. The standard InChI is InChI=1S/C20H20N2O4S/c1-20(10-15(23)25-22(2)26-19(20)24)17-12-8-7-11(9-12)16(17)18-21-13-5-3-4-6-14(13)27-18/h3-6,11-12H,7-10H2,1-2H3/t11-,12+,20?/m0/s1. The number of carbonyl (C=O) groups is 2. The molecule has 1 aromatic carbocycles. The van der Waals surface area contributed by atoms with Crippen molar-refractivity contribution in [2.45, 2.75) is 32.6 Å². The second-order valence-electron chi connectivity index (χ2n) is 7.81. The molecule has 2 aliphatic carbocycles. The van der Waals surface area contributed by atoms with Gasteiger partial charge in [-0.3, -0.25) is 4.79 Å². The minimum Gasteiger partial charge on any atom is -0.333 e. The van der Waals surface area contributed by atoms with Crippen LogP contribution in [0.1, 0.15) is 37.6 Å². The van der Waals surface area contributed by atoms with Crippen molar-refractivity contribution in [1.29, 1.82) is 0 Å². The van der Waals surface area contributed by atoms with Crippen molar-refractivity contribution in [1.82, 2.24) is 10.2 Å². The Morgan fingerprint density at radius 2 is 1.96 bits per heavy atom. The number of hydroxylamine groups is 2. The Balaban J connectivity index is 1.69. The molecule has 7 heteroatoms. The van der Waals surface area contributed by atoms with E-state index in [0.29, 0.717) is 11.8 Å². The van der Waals surface area contributed by atoms with Crippen LogP contribution in [0.15, 0.2) is 29.8 Å². The Morgan fingerprint density at radius 3 is 2.78 bits per heavy atom. The molecule has 0 radical (unpaired) electrons. The summed E-state index contributed by atoms with van der Waals surface area (Å²) in [5.74, 6) is -0.195. The first kappa shape index (κ1) is 16.9. The number of benzene rings is 1. The molecule has 27 heavy (non-hydrogen) atoms. The lowest BCUT2D eigenvalue weighted by molar-refractivity contribution is -0.307. The minimum atomic E-state index is -1.02. The summed E-state index contributed by atoms with van der Waals surface area (Å²) in [5.41, 5.74) is 2.15. The van der Waals surface area contributed by atoms with Gasteiger partial charge in [0, 0.05) is 5.23 Å². The van der Waals surface area contributed by atoms with Crippen molar-refractivity contribution in [3.05, 3.63) is 34.8 Å². The van der Waals surface area contributed by atoms with Gasteiger partial charge in [-0.15, -0.1) is 11.3 Å². The Bertz CT molecular complexity index is 964. The van der Waals surface area contributed by atoms with E-state index in [4.69, 9.17) is 14.7 Å². The van der Waals surface area contributed by atoms with E-state index < -0.39 is 17.4 Å². The molecule has 1 saturated heterocycles. The number of rotatable bonds is 2. The van der Waals surface area contributed by atoms with Crippen LogP contribution < -0.4 is 0 Å². The quantitative estimate of drug-likeness (QED) is 0.786. The fraction of sp³-hybridized carbons (Fsp3) is 0.450. The van der Waals surface area contributed by atoms with Gasteiger partial charge >= 0.3 is 11.9 Å². The van der Waals surface area contributed by atoms with Crippen LogP contribution in [0.3, 0.4) is 0 Å². The van der Waals surface area contributed by atoms with Crippen LogP contribution in [-0.2, 0) is 19.3 Å². The zero-order valence-electron chi connectivity index (χ0n) is 15.2. The highest BCUT2D eigenvalue weighted by atomic mass is 32.1. The average molecular weight is 384 g/mol. The molecule has 1 aromatic heterocycles. The van der Waals surface area contributed by atoms with E-state index in [1.165, 1.54) is 7.05 Å². The van der Waals surface area contributed by atoms with Crippen molar-refractivity contribution >= 4 is 39.1 Å². The van der Waals surface area contributed by atoms with Crippen LogP contribution >= 0.6 is 11.3 Å². The third kappa shape index (κ3) is 2.52. The van der Waals surface area contributed by atoms with E-state index in [9.17, 15) is 9.59 Å². The second kappa shape index (κ2) is 5.87. The number of fused-ring (bicyclic) bond motifs is 3. The summed E-state index contributed by atoms with van der Waals surface area (Å²) < 4.78 is 1.13. The number of carbonyl (C=O) groups excluding carboxylic acids is 2. The lowest BCUT2D eigenvalue weighted by atomic mass is 9.71. The smallest absolute Gasteiger partial charge is 0.333 e. The third-order valence-electron chi connectivity index (χ3n) is 6.05. The number of hydrogen-bond acceptors (Lipinski definition) is 7. The highest BCUT2D eigenvalue weighted by Gasteiger charge is 2.54. The predicted octanol–water partition coefficient (Wildman–Crippen LogP) is 3.74. The Morgan fingerprint density at radius 1 is 1.19 bits per heavy atom. The van der Waals surface area contributed by atoms with Crippen molar-refractivity contribution < 1.29 is 19.3 Å². The Hall–Kier alpha value is -2.25. The van der Waals surface area contributed by atoms with Gasteiger partial charge < -0.3 is 9.68 Å². The van der Waals surface area contributed by atoms with Gasteiger partial charge in [0.05, 0.1) is 29.1 Å². The molecule has 1 unspecified atom stereocenters. The van der Waals surface area contributed by atoms with Gasteiger partial charge in [0.2, 0.25) is 0 Å². The maximum atomic E-state index is 13.0. The highest BCUT2D eigenvalue weighted by Crippen LogP contribution is 2.59. The van der Waals surface area contributed by atoms with E-state index in [2.05, 4.69) is 6.07 Å². The number of aromatic nitrogens is 1. The highest BCUT2D eigenvalue weighted by molar-refractivity contribution is 7.19. The molecule has 0 spiro atoms.